The van der Waals surface area contributed by atoms with Crippen LogP contribution in [0.25, 0.3) is 22.2 Å². The fourth-order valence-electron chi connectivity index (χ4n) is 4.31. The maximum atomic E-state index is 13.5. The number of amides is 1. The average molecular weight is 530 g/mol. The molecule has 5 aromatic rings. The normalized spacial score (nSPS) is 11.0. The number of halogens is 1. The van der Waals surface area contributed by atoms with Crippen LogP contribution in [0, 0.1) is 13.8 Å². The number of nitrogens with one attached hydrogen (secondary N) is 1. The van der Waals surface area contributed by atoms with Crippen molar-refractivity contribution in [1.29, 1.82) is 0 Å². The summed E-state index contributed by atoms with van der Waals surface area (Å²) in [6, 6.07) is 20.4. The van der Waals surface area contributed by atoms with Gasteiger partial charge in [-0.25, -0.2) is 4.98 Å². The molecule has 3 aromatic carbocycles. The summed E-state index contributed by atoms with van der Waals surface area (Å²) in [5.41, 5.74) is 5.63. The van der Waals surface area contributed by atoms with Gasteiger partial charge in [0.1, 0.15) is 5.75 Å². The lowest BCUT2D eigenvalue weighted by molar-refractivity contribution is -0.115. The molecule has 0 radical (unpaired) electrons. The number of ether oxygens (including phenoxy) is 1. The Kier molecular flexibility index (Phi) is 6.82. The lowest BCUT2D eigenvalue weighted by Crippen LogP contribution is -2.16. The second kappa shape index (κ2) is 10.2. The zero-order valence-electron chi connectivity index (χ0n) is 20.5. The summed E-state index contributed by atoms with van der Waals surface area (Å²) in [5, 5.41) is 6.71. The maximum absolute atomic E-state index is 13.5. The molecule has 0 fully saturated rings. The zero-order chi connectivity index (χ0) is 26.1. The van der Waals surface area contributed by atoms with Crippen molar-refractivity contribution < 1.29 is 14.3 Å². The van der Waals surface area contributed by atoms with Gasteiger partial charge in [-0.05, 0) is 61.9 Å². The summed E-state index contributed by atoms with van der Waals surface area (Å²) in [6.45, 7) is 3.88. The standard InChI is InChI=1S/C29H24ClN3O3S/c1-17-4-6-19(7-5-17)25-16-37-29(31-25)32-27(34)15-23-18(2)33(26-13-12-22(36-3)14-24(23)26)28(35)20-8-10-21(30)11-9-20/h4-14,16H,15H2,1-3H3,(H,31,32,34). The Morgan fingerprint density at radius 1 is 1.03 bits per heavy atom. The van der Waals surface area contributed by atoms with Crippen LogP contribution in [0.4, 0.5) is 5.13 Å². The highest BCUT2D eigenvalue weighted by Crippen LogP contribution is 2.31. The van der Waals surface area contributed by atoms with Crippen LogP contribution in [0.15, 0.2) is 72.1 Å². The molecule has 1 amide bonds. The van der Waals surface area contributed by atoms with E-state index in [4.69, 9.17) is 16.3 Å². The fraction of sp³-hybridized carbons (Fsp3) is 0.138. The van der Waals surface area contributed by atoms with Crippen LogP contribution >= 0.6 is 22.9 Å². The van der Waals surface area contributed by atoms with Crippen LogP contribution in [0.5, 0.6) is 5.75 Å². The quantitative estimate of drug-likeness (QED) is 0.259. The van der Waals surface area contributed by atoms with Crippen molar-refractivity contribution >= 4 is 50.8 Å². The Morgan fingerprint density at radius 3 is 2.46 bits per heavy atom. The van der Waals surface area contributed by atoms with Crippen molar-refractivity contribution in [2.24, 2.45) is 0 Å². The first-order chi connectivity index (χ1) is 17.8. The van der Waals surface area contributed by atoms with E-state index in [2.05, 4.69) is 10.3 Å². The van der Waals surface area contributed by atoms with Gasteiger partial charge in [-0.3, -0.25) is 14.2 Å². The highest BCUT2D eigenvalue weighted by Gasteiger charge is 2.22. The van der Waals surface area contributed by atoms with E-state index in [9.17, 15) is 9.59 Å². The van der Waals surface area contributed by atoms with Gasteiger partial charge in [0.25, 0.3) is 5.91 Å². The van der Waals surface area contributed by atoms with E-state index in [1.807, 2.05) is 55.6 Å². The van der Waals surface area contributed by atoms with Crippen molar-refractivity contribution in [2.45, 2.75) is 20.3 Å². The number of nitrogens with zero attached hydrogens (tertiary/aromatic N) is 2. The van der Waals surface area contributed by atoms with E-state index in [-0.39, 0.29) is 18.2 Å². The molecule has 8 heteroatoms. The Morgan fingerprint density at radius 2 is 1.76 bits per heavy atom. The second-order valence-corrected chi connectivity index (χ2v) is 10.0. The first-order valence-corrected chi connectivity index (χ1v) is 12.9. The van der Waals surface area contributed by atoms with Gasteiger partial charge >= 0.3 is 0 Å². The van der Waals surface area contributed by atoms with E-state index in [1.54, 1.807) is 42.0 Å². The molecule has 1 N–H and O–H groups in total. The zero-order valence-corrected chi connectivity index (χ0v) is 22.1. The monoisotopic (exact) mass is 529 g/mol. The van der Waals surface area contributed by atoms with Crippen LogP contribution in [-0.4, -0.2) is 28.5 Å². The number of carbonyl (C=O) groups excluding carboxylic acids is 2. The molecular weight excluding hydrogens is 506 g/mol. The molecular formula is C29H24ClN3O3S. The first kappa shape index (κ1) is 24.7. The number of anilines is 1. The summed E-state index contributed by atoms with van der Waals surface area (Å²) < 4.78 is 7.06. The number of rotatable bonds is 6. The van der Waals surface area contributed by atoms with Crippen LogP contribution < -0.4 is 10.1 Å². The second-order valence-electron chi connectivity index (χ2n) is 8.72. The molecule has 37 heavy (non-hydrogen) atoms. The van der Waals surface area contributed by atoms with Gasteiger partial charge in [-0.2, -0.15) is 0 Å². The average Bonchev–Trinajstić information content (AvgIpc) is 3.46. The topological polar surface area (TPSA) is 73.2 Å². The summed E-state index contributed by atoms with van der Waals surface area (Å²) >= 11 is 7.39. The van der Waals surface area contributed by atoms with Crippen LogP contribution in [0.2, 0.25) is 5.02 Å². The van der Waals surface area contributed by atoms with E-state index in [0.717, 1.165) is 22.2 Å². The van der Waals surface area contributed by atoms with Crippen LogP contribution in [0.3, 0.4) is 0 Å². The molecule has 0 atom stereocenters. The minimum atomic E-state index is -0.214. The molecule has 2 aromatic heterocycles. The van der Waals surface area contributed by atoms with Gasteiger partial charge < -0.3 is 10.1 Å². The predicted molar refractivity (Wildman–Crippen MR) is 149 cm³/mol. The summed E-state index contributed by atoms with van der Waals surface area (Å²) in [4.78, 5) is 31.2. The molecule has 5 rings (SSSR count). The summed E-state index contributed by atoms with van der Waals surface area (Å²) in [5.74, 6) is 0.236. The smallest absolute Gasteiger partial charge is 0.262 e. The maximum Gasteiger partial charge on any atom is 0.262 e. The molecule has 0 saturated heterocycles. The number of thiazole rings is 1. The molecule has 0 saturated carbocycles. The van der Waals surface area contributed by atoms with Gasteiger partial charge in [-0.1, -0.05) is 41.4 Å². The number of benzene rings is 3. The Hall–Kier alpha value is -3.94. The summed E-state index contributed by atoms with van der Waals surface area (Å²) in [6.07, 6.45) is 0.0792. The van der Waals surface area contributed by atoms with Crippen molar-refractivity contribution in [3.8, 4) is 17.0 Å². The van der Waals surface area contributed by atoms with E-state index >= 15 is 0 Å². The molecule has 186 valence electrons. The highest BCUT2D eigenvalue weighted by molar-refractivity contribution is 7.14. The minimum Gasteiger partial charge on any atom is -0.497 e. The molecule has 0 bridgehead atoms. The molecule has 0 aliphatic carbocycles. The molecule has 0 spiro atoms. The molecule has 6 nitrogen and oxygen atoms in total. The van der Waals surface area contributed by atoms with Crippen molar-refractivity contribution in [3.05, 3.63) is 99.5 Å². The number of carbonyl (C=O) groups is 2. The third-order valence-electron chi connectivity index (χ3n) is 6.27. The Balaban J connectivity index is 1.45. The number of aromatic nitrogens is 2. The fourth-order valence-corrected chi connectivity index (χ4v) is 5.17. The van der Waals surface area contributed by atoms with Gasteiger partial charge in [0.15, 0.2) is 5.13 Å². The number of aryl methyl sites for hydroxylation is 1. The highest BCUT2D eigenvalue weighted by atomic mass is 35.5. The predicted octanol–water partition coefficient (Wildman–Crippen LogP) is 6.91. The number of methoxy groups -OCH3 is 1. The molecule has 0 unspecified atom stereocenters. The van der Waals surface area contributed by atoms with E-state index < -0.39 is 0 Å². The first-order valence-electron chi connectivity index (χ1n) is 11.6. The lowest BCUT2D eigenvalue weighted by Gasteiger charge is -2.08. The lowest BCUT2D eigenvalue weighted by atomic mass is 10.1. The third-order valence-corrected chi connectivity index (χ3v) is 7.28. The van der Waals surface area contributed by atoms with E-state index in [1.165, 1.54) is 16.9 Å². The molecule has 2 heterocycles. The molecule has 0 aliphatic heterocycles. The van der Waals surface area contributed by atoms with E-state index in [0.29, 0.717) is 32.7 Å². The number of hydrogen-bond donors (Lipinski definition) is 1. The molecule has 0 aliphatic rings. The van der Waals surface area contributed by atoms with Gasteiger partial charge in [-0.15, -0.1) is 11.3 Å². The van der Waals surface area contributed by atoms with Gasteiger partial charge in [0, 0.05) is 32.6 Å². The summed E-state index contributed by atoms with van der Waals surface area (Å²) in [7, 11) is 1.59. The van der Waals surface area contributed by atoms with Gasteiger partial charge in [0.2, 0.25) is 5.91 Å². The van der Waals surface area contributed by atoms with Crippen molar-refractivity contribution in [1.82, 2.24) is 9.55 Å². The largest absolute Gasteiger partial charge is 0.497 e. The van der Waals surface area contributed by atoms with Crippen molar-refractivity contribution in [2.75, 3.05) is 12.4 Å². The Labute approximate surface area is 223 Å². The number of fused-ring (bicyclic) bond motifs is 1. The van der Waals surface area contributed by atoms with Gasteiger partial charge in [0.05, 0.1) is 24.7 Å². The Bertz CT molecular complexity index is 1620. The minimum absolute atomic E-state index is 0.0792. The van der Waals surface area contributed by atoms with Crippen molar-refractivity contribution in [3.63, 3.8) is 0 Å². The van der Waals surface area contributed by atoms with Crippen LogP contribution in [-0.2, 0) is 11.2 Å². The third kappa shape index (κ3) is 5.01. The SMILES string of the molecule is COc1ccc2c(c1)c(CC(=O)Nc1nc(-c3ccc(C)cc3)cs1)c(C)n2C(=O)c1ccc(Cl)cc1. The number of hydrogen-bond acceptors (Lipinski definition) is 5. The van der Waals surface area contributed by atoms with Crippen LogP contribution in [0.1, 0.15) is 27.2 Å².